The number of rotatable bonds is 11. The van der Waals surface area contributed by atoms with Crippen molar-refractivity contribution in [1.29, 1.82) is 0 Å². The molecule has 2 aromatic rings. The lowest BCUT2D eigenvalue weighted by molar-refractivity contribution is -0.128. The fraction of sp³-hybridized carbons (Fsp3) is 0.571. The zero-order chi connectivity index (χ0) is 27.5. The number of aromatic nitrogens is 3. The van der Waals surface area contributed by atoms with E-state index in [1.165, 1.54) is 11.7 Å². The van der Waals surface area contributed by atoms with Crippen molar-refractivity contribution in [2.75, 3.05) is 38.3 Å². The molecule has 39 heavy (non-hydrogen) atoms. The second-order valence-electron chi connectivity index (χ2n) is 10.4. The minimum Gasteiger partial charge on any atom is -0.383 e. The third-order valence-electron chi connectivity index (χ3n) is 7.89. The summed E-state index contributed by atoms with van der Waals surface area (Å²) >= 11 is 0. The van der Waals surface area contributed by atoms with Gasteiger partial charge in [-0.15, -0.1) is 0 Å². The molecule has 11 nitrogen and oxygen atoms in total. The van der Waals surface area contributed by atoms with Gasteiger partial charge in [-0.25, -0.2) is 14.8 Å². The molecular weight excluding hydrogens is 500 g/mol. The maximum absolute atomic E-state index is 13.3. The van der Waals surface area contributed by atoms with E-state index in [9.17, 15) is 19.2 Å². The van der Waals surface area contributed by atoms with Crippen LogP contribution in [0.1, 0.15) is 56.6 Å². The van der Waals surface area contributed by atoms with Gasteiger partial charge in [0.25, 0.3) is 5.56 Å². The van der Waals surface area contributed by atoms with Crippen molar-refractivity contribution in [3.05, 3.63) is 50.3 Å². The van der Waals surface area contributed by atoms with Crippen molar-refractivity contribution in [2.24, 2.45) is 10.9 Å². The van der Waals surface area contributed by atoms with Crippen molar-refractivity contribution in [2.45, 2.75) is 65.0 Å². The largest absolute Gasteiger partial charge is 0.383 e. The van der Waals surface area contributed by atoms with Crippen LogP contribution in [0.4, 0.5) is 11.6 Å². The number of carbonyl (C=O) groups excluding carboxylic acids is 2. The van der Waals surface area contributed by atoms with E-state index in [1.807, 2.05) is 17.9 Å². The highest BCUT2D eigenvalue weighted by molar-refractivity contribution is 6.06. The summed E-state index contributed by atoms with van der Waals surface area (Å²) in [4.78, 5) is 64.5. The molecule has 2 aliphatic heterocycles. The Morgan fingerprint density at radius 3 is 2.54 bits per heavy atom. The lowest BCUT2D eigenvalue weighted by atomic mass is 9.84. The van der Waals surface area contributed by atoms with Crippen LogP contribution < -0.4 is 16.1 Å². The maximum atomic E-state index is 13.3. The number of likely N-dealkylation sites (tertiary alicyclic amines) is 1. The normalized spacial score (nSPS) is 16.8. The number of fused-ring (bicyclic) bond motifs is 1. The zero-order valence-corrected chi connectivity index (χ0v) is 22.7. The minimum absolute atomic E-state index is 0.00467. The summed E-state index contributed by atoms with van der Waals surface area (Å²) in [6.45, 7) is 4.51. The molecule has 0 spiro atoms. The highest BCUT2D eigenvalue weighted by Crippen LogP contribution is 2.30. The molecule has 1 saturated carbocycles. The summed E-state index contributed by atoms with van der Waals surface area (Å²) < 4.78 is 7.90. The number of methoxy groups -OCH3 is 1. The molecule has 0 radical (unpaired) electrons. The number of pyridine rings is 1. The van der Waals surface area contributed by atoms with E-state index in [0.29, 0.717) is 55.4 Å². The Morgan fingerprint density at radius 1 is 1.10 bits per heavy atom. The monoisotopic (exact) mass is 536 g/mol. The van der Waals surface area contributed by atoms with Gasteiger partial charge in [0, 0.05) is 63.8 Å². The Kier molecular flexibility index (Phi) is 8.06. The first-order valence-electron chi connectivity index (χ1n) is 13.9. The van der Waals surface area contributed by atoms with E-state index in [1.54, 1.807) is 21.7 Å². The number of aliphatic imine (C=N–C) groups is 1. The first-order chi connectivity index (χ1) is 18.9. The zero-order valence-electron chi connectivity index (χ0n) is 22.7. The highest BCUT2D eigenvalue weighted by Gasteiger charge is 2.32. The van der Waals surface area contributed by atoms with Crippen LogP contribution >= 0.6 is 0 Å². The van der Waals surface area contributed by atoms with Crippen LogP contribution in [0.25, 0.3) is 0 Å². The molecule has 5 rings (SSSR count). The SMILES string of the molecule is CCCn1c2c(c(=O)n(CCOC)c1=O)CC(c1ccc(N(CCN3CCCC3=O)C(=O)C3CCC3)nc1)=N2. The van der Waals surface area contributed by atoms with E-state index >= 15 is 0 Å². The third-order valence-corrected chi connectivity index (χ3v) is 7.89. The number of nitrogens with zero attached hydrogens (tertiary/aromatic N) is 6. The Balaban J connectivity index is 1.40. The standard InChI is InChI=1S/C28H36N6O5/c1-3-11-33-25-21(27(37)34(28(33)38)15-16-39-2)17-22(30-25)20-9-10-23(29-18-20)32(26(36)19-6-4-7-19)14-13-31-12-5-8-24(31)35/h9-10,18-19H,3-8,11-17H2,1-2H3. The average Bonchev–Trinajstić information content (AvgIpc) is 3.53. The second-order valence-corrected chi connectivity index (χ2v) is 10.4. The molecule has 208 valence electrons. The molecule has 2 fully saturated rings. The molecule has 3 aliphatic rings. The van der Waals surface area contributed by atoms with Crippen LogP contribution in [-0.2, 0) is 33.8 Å². The van der Waals surface area contributed by atoms with Crippen LogP contribution in [0, 0.1) is 5.92 Å². The smallest absolute Gasteiger partial charge is 0.332 e. The van der Waals surface area contributed by atoms with E-state index in [2.05, 4.69) is 4.98 Å². The molecule has 4 heterocycles. The van der Waals surface area contributed by atoms with E-state index < -0.39 is 0 Å². The number of anilines is 1. The van der Waals surface area contributed by atoms with E-state index in [4.69, 9.17) is 9.73 Å². The topological polar surface area (TPSA) is 119 Å². The lowest BCUT2D eigenvalue weighted by Crippen LogP contribution is -2.44. The number of hydrogen-bond donors (Lipinski definition) is 0. The van der Waals surface area contributed by atoms with Gasteiger partial charge in [0.1, 0.15) is 11.6 Å². The predicted molar refractivity (Wildman–Crippen MR) is 147 cm³/mol. The van der Waals surface area contributed by atoms with Crippen molar-refractivity contribution < 1.29 is 14.3 Å². The highest BCUT2D eigenvalue weighted by atomic mass is 16.5. The molecule has 2 aromatic heterocycles. The van der Waals surface area contributed by atoms with Crippen molar-refractivity contribution in [1.82, 2.24) is 19.0 Å². The first-order valence-corrected chi connectivity index (χ1v) is 13.9. The molecule has 1 saturated heterocycles. The summed E-state index contributed by atoms with van der Waals surface area (Å²) in [5, 5.41) is 0. The number of ether oxygens (including phenoxy) is 1. The summed E-state index contributed by atoms with van der Waals surface area (Å²) in [6, 6.07) is 3.67. The first kappa shape index (κ1) is 27.0. The van der Waals surface area contributed by atoms with Crippen LogP contribution in [0.5, 0.6) is 0 Å². The number of carbonyl (C=O) groups is 2. The van der Waals surface area contributed by atoms with Crippen LogP contribution in [0.15, 0.2) is 32.9 Å². The summed E-state index contributed by atoms with van der Waals surface area (Å²) in [5.74, 6) is 1.15. The van der Waals surface area contributed by atoms with Crippen molar-refractivity contribution in [3.63, 3.8) is 0 Å². The molecule has 1 aliphatic carbocycles. The predicted octanol–water partition coefficient (Wildman–Crippen LogP) is 1.89. The minimum atomic E-state index is -0.377. The molecule has 0 N–H and O–H groups in total. The second kappa shape index (κ2) is 11.6. The fourth-order valence-corrected chi connectivity index (χ4v) is 5.42. The van der Waals surface area contributed by atoms with E-state index in [-0.39, 0.29) is 42.1 Å². The summed E-state index contributed by atoms with van der Waals surface area (Å²) in [6.07, 6.45) is 6.94. The summed E-state index contributed by atoms with van der Waals surface area (Å²) in [5.41, 5.74) is 1.18. The van der Waals surface area contributed by atoms with Crippen LogP contribution in [0.3, 0.4) is 0 Å². The van der Waals surface area contributed by atoms with Gasteiger partial charge < -0.3 is 9.64 Å². The molecular formula is C28H36N6O5. The Hall–Kier alpha value is -3.60. The summed E-state index contributed by atoms with van der Waals surface area (Å²) in [7, 11) is 1.54. The molecule has 0 bridgehead atoms. The Morgan fingerprint density at radius 2 is 1.92 bits per heavy atom. The third kappa shape index (κ3) is 5.32. The number of hydrogen-bond acceptors (Lipinski definition) is 7. The molecule has 0 aromatic carbocycles. The Labute approximate surface area is 227 Å². The van der Waals surface area contributed by atoms with Gasteiger partial charge in [-0.1, -0.05) is 13.3 Å². The van der Waals surface area contributed by atoms with Gasteiger partial charge >= 0.3 is 5.69 Å². The Bertz CT molecular complexity index is 1390. The van der Waals surface area contributed by atoms with Gasteiger partial charge in [-0.05, 0) is 37.8 Å². The molecule has 11 heteroatoms. The van der Waals surface area contributed by atoms with Crippen molar-refractivity contribution >= 4 is 29.2 Å². The van der Waals surface area contributed by atoms with Gasteiger partial charge in [-0.2, -0.15) is 0 Å². The molecule has 2 amide bonds. The van der Waals surface area contributed by atoms with Crippen LogP contribution in [-0.4, -0.2) is 69.9 Å². The van der Waals surface area contributed by atoms with Crippen molar-refractivity contribution in [3.8, 4) is 0 Å². The van der Waals surface area contributed by atoms with Crippen LogP contribution in [0.2, 0.25) is 0 Å². The average molecular weight is 537 g/mol. The van der Waals surface area contributed by atoms with Gasteiger partial charge in [0.2, 0.25) is 11.8 Å². The molecule has 0 unspecified atom stereocenters. The fourth-order valence-electron chi connectivity index (χ4n) is 5.42. The maximum Gasteiger partial charge on any atom is 0.332 e. The van der Waals surface area contributed by atoms with Gasteiger partial charge in [0.05, 0.1) is 24.4 Å². The van der Waals surface area contributed by atoms with Gasteiger partial charge in [-0.3, -0.25) is 28.4 Å². The quantitative estimate of drug-likeness (QED) is 0.433. The number of amides is 2. The molecule has 0 atom stereocenters. The van der Waals surface area contributed by atoms with E-state index in [0.717, 1.165) is 44.2 Å². The lowest BCUT2D eigenvalue weighted by Gasteiger charge is -2.32. The van der Waals surface area contributed by atoms with Gasteiger partial charge in [0.15, 0.2) is 0 Å².